The molecule has 42 heavy (non-hydrogen) atoms. The number of ether oxygens (including phenoxy) is 2. The van der Waals surface area contributed by atoms with Crippen LogP contribution >= 0.6 is 0 Å². The first-order valence-electron chi connectivity index (χ1n) is 14.1. The van der Waals surface area contributed by atoms with Gasteiger partial charge in [0.1, 0.15) is 12.6 Å². The van der Waals surface area contributed by atoms with Crippen LogP contribution in [0.1, 0.15) is 44.2 Å². The van der Waals surface area contributed by atoms with Crippen LogP contribution in [-0.2, 0) is 26.2 Å². The minimum absolute atomic E-state index is 0.0296. The average Bonchev–Trinajstić information content (AvgIpc) is 3.00. The van der Waals surface area contributed by atoms with E-state index in [4.69, 9.17) is 9.47 Å². The standard InChI is InChI=1S/C32H41N3O6S/c1-6-8-20-33-32(37)28(7-2)34(22-25-16-14-24(3)15-17-25)31(36)23-35(42(38,39)27-12-10-9-11-13-27)26-18-19-29(40-4)30(21-26)41-5/h9-19,21,28H,6-8,20,22-23H2,1-5H3,(H,33,37)/t28-/m0/s1. The molecule has 1 N–H and O–H groups in total. The van der Waals surface area contributed by atoms with E-state index in [1.165, 1.54) is 37.3 Å². The summed E-state index contributed by atoms with van der Waals surface area (Å²) < 4.78 is 39.8. The minimum atomic E-state index is -4.19. The number of anilines is 1. The topological polar surface area (TPSA) is 105 Å². The Morgan fingerprint density at radius 2 is 1.57 bits per heavy atom. The van der Waals surface area contributed by atoms with Crippen LogP contribution in [0.25, 0.3) is 0 Å². The first-order chi connectivity index (χ1) is 20.2. The monoisotopic (exact) mass is 595 g/mol. The van der Waals surface area contributed by atoms with Crippen LogP contribution in [0.15, 0.2) is 77.7 Å². The van der Waals surface area contributed by atoms with Gasteiger partial charge in [-0.25, -0.2) is 8.42 Å². The molecule has 0 heterocycles. The van der Waals surface area contributed by atoms with E-state index in [1.54, 1.807) is 30.3 Å². The van der Waals surface area contributed by atoms with E-state index >= 15 is 0 Å². The second-order valence-electron chi connectivity index (χ2n) is 9.94. The summed E-state index contributed by atoms with van der Waals surface area (Å²) in [5.41, 5.74) is 2.12. The molecule has 3 aromatic carbocycles. The zero-order valence-electron chi connectivity index (χ0n) is 25.0. The van der Waals surface area contributed by atoms with Crippen LogP contribution in [0.2, 0.25) is 0 Å². The fourth-order valence-electron chi connectivity index (χ4n) is 4.54. The fraction of sp³-hybridized carbons (Fsp3) is 0.375. The highest BCUT2D eigenvalue weighted by Crippen LogP contribution is 2.34. The molecule has 3 aromatic rings. The van der Waals surface area contributed by atoms with Gasteiger partial charge < -0.3 is 19.7 Å². The molecule has 0 aromatic heterocycles. The maximum absolute atomic E-state index is 14.2. The number of nitrogens with zero attached hydrogens (tertiary/aromatic N) is 2. The molecule has 0 aliphatic rings. The Labute approximate surface area is 249 Å². The number of hydrogen-bond acceptors (Lipinski definition) is 6. The predicted molar refractivity (Wildman–Crippen MR) is 164 cm³/mol. The quantitative estimate of drug-likeness (QED) is 0.250. The largest absolute Gasteiger partial charge is 0.493 e. The number of hydrogen-bond donors (Lipinski definition) is 1. The molecule has 0 saturated carbocycles. The molecule has 1 atom stereocenters. The number of benzene rings is 3. The molecule has 0 bridgehead atoms. The van der Waals surface area contributed by atoms with Crippen molar-refractivity contribution in [3.05, 3.63) is 83.9 Å². The van der Waals surface area contributed by atoms with E-state index in [0.29, 0.717) is 24.5 Å². The number of amides is 2. The van der Waals surface area contributed by atoms with Crippen LogP contribution in [-0.4, -0.2) is 58.5 Å². The first-order valence-corrected chi connectivity index (χ1v) is 15.5. The molecular weight excluding hydrogens is 554 g/mol. The molecule has 2 amide bonds. The molecule has 0 aliphatic heterocycles. The van der Waals surface area contributed by atoms with Crippen molar-refractivity contribution in [3.63, 3.8) is 0 Å². The Hall–Kier alpha value is -4.05. The van der Waals surface area contributed by atoms with E-state index in [2.05, 4.69) is 5.32 Å². The SMILES string of the molecule is CCCCNC(=O)[C@H](CC)N(Cc1ccc(C)cc1)C(=O)CN(c1ccc(OC)c(OC)c1)S(=O)(=O)c1ccccc1. The van der Waals surface area contributed by atoms with Crippen LogP contribution in [0.5, 0.6) is 11.5 Å². The Morgan fingerprint density at radius 1 is 0.905 bits per heavy atom. The highest BCUT2D eigenvalue weighted by molar-refractivity contribution is 7.92. The van der Waals surface area contributed by atoms with Crippen molar-refractivity contribution in [2.45, 2.75) is 57.5 Å². The van der Waals surface area contributed by atoms with Crippen molar-refractivity contribution in [2.75, 3.05) is 31.6 Å². The maximum Gasteiger partial charge on any atom is 0.264 e. The van der Waals surface area contributed by atoms with Gasteiger partial charge in [0.05, 0.1) is 24.8 Å². The van der Waals surface area contributed by atoms with Gasteiger partial charge in [-0.15, -0.1) is 0 Å². The third kappa shape index (κ3) is 8.03. The molecular formula is C32H41N3O6S. The molecule has 0 radical (unpaired) electrons. The molecule has 0 spiro atoms. The summed E-state index contributed by atoms with van der Waals surface area (Å²) in [5.74, 6) is -0.0493. The summed E-state index contributed by atoms with van der Waals surface area (Å²) in [6.07, 6.45) is 2.09. The predicted octanol–water partition coefficient (Wildman–Crippen LogP) is 4.93. The van der Waals surface area contributed by atoms with Crippen molar-refractivity contribution in [1.82, 2.24) is 10.2 Å². The summed E-state index contributed by atoms with van der Waals surface area (Å²) >= 11 is 0. The van der Waals surface area contributed by atoms with E-state index in [9.17, 15) is 18.0 Å². The smallest absolute Gasteiger partial charge is 0.264 e. The number of carbonyl (C=O) groups is 2. The van der Waals surface area contributed by atoms with Crippen LogP contribution in [0.4, 0.5) is 5.69 Å². The van der Waals surface area contributed by atoms with Gasteiger partial charge in [0.2, 0.25) is 11.8 Å². The van der Waals surface area contributed by atoms with Crippen LogP contribution in [0, 0.1) is 6.92 Å². The van der Waals surface area contributed by atoms with Gasteiger partial charge in [-0.3, -0.25) is 13.9 Å². The fourth-order valence-corrected chi connectivity index (χ4v) is 5.97. The number of nitrogens with one attached hydrogen (secondary N) is 1. The van der Waals surface area contributed by atoms with Gasteiger partial charge in [0, 0.05) is 19.2 Å². The Balaban J connectivity index is 2.07. The van der Waals surface area contributed by atoms with E-state index in [-0.39, 0.29) is 23.0 Å². The van der Waals surface area contributed by atoms with Gasteiger partial charge in [0.15, 0.2) is 11.5 Å². The van der Waals surface area contributed by atoms with Crippen LogP contribution in [0.3, 0.4) is 0 Å². The summed E-state index contributed by atoms with van der Waals surface area (Å²) in [7, 11) is -1.25. The van der Waals surface area contributed by atoms with E-state index < -0.39 is 28.5 Å². The number of sulfonamides is 1. The van der Waals surface area contributed by atoms with Gasteiger partial charge in [-0.2, -0.15) is 0 Å². The molecule has 3 rings (SSSR count). The molecule has 0 unspecified atom stereocenters. The van der Waals surface area contributed by atoms with Crippen molar-refractivity contribution in [3.8, 4) is 11.5 Å². The Kier molecular flexibility index (Phi) is 11.8. The number of aryl methyl sites for hydroxylation is 1. The second kappa shape index (κ2) is 15.3. The van der Waals surface area contributed by atoms with Crippen molar-refractivity contribution >= 4 is 27.5 Å². The van der Waals surface area contributed by atoms with Gasteiger partial charge in [-0.1, -0.05) is 68.3 Å². The highest BCUT2D eigenvalue weighted by Gasteiger charge is 2.34. The van der Waals surface area contributed by atoms with Crippen molar-refractivity contribution < 1.29 is 27.5 Å². The lowest BCUT2D eigenvalue weighted by Gasteiger charge is -2.33. The first kappa shape index (κ1) is 32.5. The molecule has 9 nitrogen and oxygen atoms in total. The zero-order valence-corrected chi connectivity index (χ0v) is 25.8. The van der Waals surface area contributed by atoms with E-state index in [1.807, 2.05) is 45.0 Å². The lowest BCUT2D eigenvalue weighted by molar-refractivity contribution is -0.140. The lowest BCUT2D eigenvalue weighted by atomic mass is 10.1. The normalized spacial score (nSPS) is 11.8. The molecule has 0 aliphatic carbocycles. The van der Waals surface area contributed by atoms with Gasteiger partial charge >= 0.3 is 0 Å². The van der Waals surface area contributed by atoms with Crippen molar-refractivity contribution in [2.24, 2.45) is 0 Å². The van der Waals surface area contributed by atoms with Gasteiger partial charge in [0.25, 0.3) is 10.0 Å². The summed E-state index contributed by atoms with van der Waals surface area (Å²) in [6, 6.07) is 19.5. The summed E-state index contributed by atoms with van der Waals surface area (Å²) in [5, 5.41) is 2.94. The van der Waals surface area contributed by atoms with Crippen LogP contribution < -0.4 is 19.1 Å². The Morgan fingerprint density at radius 3 is 2.17 bits per heavy atom. The number of carbonyl (C=O) groups excluding carboxylic acids is 2. The highest BCUT2D eigenvalue weighted by atomic mass is 32.2. The third-order valence-corrected chi connectivity index (χ3v) is 8.74. The average molecular weight is 596 g/mol. The summed E-state index contributed by atoms with van der Waals surface area (Å²) in [6.45, 7) is 5.96. The summed E-state index contributed by atoms with van der Waals surface area (Å²) in [4.78, 5) is 29.0. The Bertz CT molecular complexity index is 1430. The van der Waals surface area contributed by atoms with E-state index in [0.717, 1.165) is 28.3 Å². The number of unbranched alkanes of at least 4 members (excludes halogenated alkanes) is 1. The molecule has 10 heteroatoms. The molecule has 0 fully saturated rings. The maximum atomic E-state index is 14.2. The second-order valence-corrected chi connectivity index (χ2v) is 11.8. The minimum Gasteiger partial charge on any atom is -0.493 e. The zero-order chi connectivity index (χ0) is 30.7. The number of rotatable bonds is 15. The van der Waals surface area contributed by atoms with Gasteiger partial charge in [-0.05, 0) is 49.6 Å². The molecule has 226 valence electrons. The number of methoxy groups -OCH3 is 2. The molecule has 0 saturated heterocycles. The lowest BCUT2D eigenvalue weighted by Crippen LogP contribution is -2.52. The van der Waals surface area contributed by atoms with Crippen molar-refractivity contribution in [1.29, 1.82) is 0 Å². The third-order valence-electron chi connectivity index (χ3n) is 6.95.